The predicted molar refractivity (Wildman–Crippen MR) is 19.9 cm³/mol. The van der Waals surface area contributed by atoms with Gasteiger partial charge in [0.15, 0.2) is 0 Å². The van der Waals surface area contributed by atoms with Gasteiger partial charge in [-0.3, -0.25) is 0 Å². The summed E-state index contributed by atoms with van der Waals surface area (Å²) >= 11 is 0. The largest absolute Gasteiger partial charge is 0.845 e. The van der Waals surface area contributed by atoms with Gasteiger partial charge >= 0.3 is 0 Å². The van der Waals surface area contributed by atoms with Gasteiger partial charge in [0.2, 0.25) is 0 Å². The minimum absolute atomic E-state index is 0.0394. The Labute approximate surface area is 41.8 Å². The molecule has 0 radical (unpaired) electrons. The molecule has 0 unspecified atom stereocenters. The first-order chi connectivity index (χ1) is 3.27. The van der Waals surface area contributed by atoms with Crippen LogP contribution < -0.4 is 10.2 Å². The summed E-state index contributed by atoms with van der Waals surface area (Å²) in [6, 6.07) is 0. The number of rotatable bonds is 3. The molecule has 0 aliphatic carbocycles. The molecular weight excluding hydrogens is 96.0 g/mol. The second-order valence-corrected chi connectivity index (χ2v) is 0.911. The molecule has 0 N–H and O–H groups in total. The van der Waals surface area contributed by atoms with Crippen molar-refractivity contribution < 1.29 is 14.9 Å². The van der Waals surface area contributed by atoms with Crippen molar-refractivity contribution in [1.82, 2.24) is 0 Å². The first-order valence-corrected chi connectivity index (χ1v) is 1.81. The first-order valence-electron chi connectivity index (χ1n) is 1.81. The number of hydrogen-bond donors (Lipinski definition) is 0. The van der Waals surface area contributed by atoms with Crippen molar-refractivity contribution in [2.24, 2.45) is 0 Å². The maximum absolute atomic E-state index is 9.46. The van der Waals surface area contributed by atoms with Crippen LogP contribution in [0.3, 0.4) is 0 Å². The summed E-state index contributed by atoms with van der Waals surface area (Å²) in [6.45, 7) is 1.10. The third-order valence-electron chi connectivity index (χ3n) is 0.350. The standard InChI is InChI=1S/C4H6O3/c1-2-3-7-4(5)6/h2,4H,1,3H2/q-2. The van der Waals surface area contributed by atoms with E-state index in [-0.39, 0.29) is 6.61 Å². The molecule has 0 saturated heterocycles. The van der Waals surface area contributed by atoms with E-state index in [9.17, 15) is 10.2 Å². The number of ether oxygens (including phenoxy) is 1. The topological polar surface area (TPSA) is 55.3 Å². The van der Waals surface area contributed by atoms with Crippen molar-refractivity contribution in [3.05, 3.63) is 12.7 Å². The first kappa shape index (κ1) is 6.62. The monoisotopic (exact) mass is 102 g/mol. The molecule has 0 aromatic carbocycles. The summed E-state index contributed by atoms with van der Waals surface area (Å²) < 4.78 is 3.96. The van der Waals surface area contributed by atoms with Crippen LogP contribution in [0.5, 0.6) is 0 Å². The van der Waals surface area contributed by atoms with E-state index in [2.05, 4.69) is 11.3 Å². The third kappa shape index (κ3) is 5.62. The van der Waals surface area contributed by atoms with Gasteiger partial charge in [-0.2, -0.15) is 0 Å². The van der Waals surface area contributed by atoms with Gasteiger partial charge in [-0.15, -0.1) is 13.1 Å². The summed E-state index contributed by atoms with van der Waals surface area (Å²) in [4.78, 5) is 0. The average Bonchev–Trinajstić information content (AvgIpc) is 1.61. The predicted octanol–water partition coefficient (Wildman–Crippen LogP) is -1.81. The van der Waals surface area contributed by atoms with Crippen molar-refractivity contribution in [1.29, 1.82) is 0 Å². The minimum atomic E-state index is -2.17. The highest BCUT2D eigenvalue weighted by atomic mass is 16.7. The van der Waals surface area contributed by atoms with Crippen LogP contribution >= 0.6 is 0 Å². The van der Waals surface area contributed by atoms with Gasteiger partial charge in [0.25, 0.3) is 0 Å². The van der Waals surface area contributed by atoms with Crippen LogP contribution in [-0.4, -0.2) is 13.1 Å². The van der Waals surface area contributed by atoms with E-state index in [0.29, 0.717) is 0 Å². The average molecular weight is 102 g/mol. The zero-order valence-electron chi connectivity index (χ0n) is 3.79. The fourth-order valence-electron chi connectivity index (χ4n) is 0.147. The molecule has 0 saturated carbocycles. The van der Waals surface area contributed by atoms with E-state index >= 15 is 0 Å². The molecule has 0 amide bonds. The van der Waals surface area contributed by atoms with Crippen molar-refractivity contribution >= 4 is 0 Å². The van der Waals surface area contributed by atoms with E-state index in [4.69, 9.17) is 0 Å². The Balaban J connectivity index is 2.81. The Kier molecular flexibility index (Phi) is 3.59. The van der Waals surface area contributed by atoms with Crippen LogP contribution in [0.25, 0.3) is 0 Å². The van der Waals surface area contributed by atoms with E-state index in [0.717, 1.165) is 0 Å². The van der Waals surface area contributed by atoms with E-state index in [1.165, 1.54) is 6.08 Å². The fraction of sp³-hybridized carbons (Fsp3) is 0.500. The van der Waals surface area contributed by atoms with Crippen LogP contribution in [0.2, 0.25) is 0 Å². The molecule has 3 nitrogen and oxygen atoms in total. The van der Waals surface area contributed by atoms with E-state index < -0.39 is 6.48 Å². The lowest BCUT2D eigenvalue weighted by Gasteiger charge is -2.27. The molecule has 0 rings (SSSR count). The molecule has 42 valence electrons. The second-order valence-electron chi connectivity index (χ2n) is 0.911. The van der Waals surface area contributed by atoms with E-state index in [1.807, 2.05) is 0 Å². The normalized spacial score (nSPS) is 9.57. The highest BCUT2D eigenvalue weighted by Gasteiger charge is 1.68. The quantitative estimate of drug-likeness (QED) is 0.312. The van der Waals surface area contributed by atoms with Crippen molar-refractivity contribution in [3.8, 4) is 0 Å². The lowest BCUT2D eigenvalue weighted by atomic mass is 10.7. The summed E-state index contributed by atoms with van der Waals surface area (Å²) in [5.74, 6) is 0. The summed E-state index contributed by atoms with van der Waals surface area (Å²) in [5, 5.41) is 18.9. The van der Waals surface area contributed by atoms with Gasteiger partial charge in [-0.25, -0.2) is 0 Å². The van der Waals surface area contributed by atoms with Crippen molar-refractivity contribution in [3.63, 3.8) is 0 Å². The fourth-order valence-corrected chi connectivity index (χ4v) is 0.147. The third-order valence-corrected chi connectivity index (χ3v) is 0.350. The smallest absolute Gasteiger partial charge is 0.0612 e. The van der Waals surface area contributed by atoms with Gasteiger partial charge in [-0.1, -0.05) is 6.08 Å². The van der Waals surface area contributed by atoms with Crippen molar-refractivity contribution in [2.75, 3.05) is 6.61 Å². The molecule has 0 bridgehead atoms. The molecule has 0 spiro atoms. The van der Waals surface area contributed by atoms with Crippen LogP contribution in [0.1, 0.15) is 0 Å². The second kappa shape index (κ2) is 3.80. The Bertz CT molecular complexity index is 50.9. The van der Waals surface area contributed by atoms with E-state index in [1.54, 1.807) is 0 Å². The molecule has 0 aliphatic heterocycles. The molecule has 0 fully saturated rings. The van der Waals surface area contributed by atoms with Gasteiger partial charge in [-0.05, 0) is 0 Å². The Hall–Kier alpha value is -0.380. The summed E-state index contributed by atoms with van der Waals surface area (Å²) in [5.41, 5.74) is 0. The highest BCUT2D eigenvalue weighted by Crippen LogP contribution is 1.70. The Morgan fingerprint density at radius 2 is 2.29 bits per heavy atom. The SMILES string of the molecule is C=CCOC([O-])[O-]. The van der Waals surface area contributed by atoms with Crippen LogP contribution in [-0.2, 0) is 4.74 Å². The summed E-state index contributed by atoms with van der Waals surface area (Å²) in [6.07, 6.45) is 1.35. The minimum Gasteiger partial charge on any atom is -0.845 e. The zero-order valence-corrected chi connectivity index (χ0v) is 3.79. The van der Waals surface area contributed by atoms with Crippen LogP contribution in [0, 0.1) is 0 Å². The van der Waals surface area contributed by atoms with Gasteiger partial charge < -0.3 is 14.9 Å². The van der Waals surface area contributed by atoms with Crippen LogP contribution in [0.15, 0.2) is 12.7 Å². The maximum Gasteiger partial charge on any atom is 0.0612 e. The van der Waals surface area contributed by atoms with Crippen LogP contribution in [0.4, 0.5) is 0 Å². The van der Waals surface area contributed by atoms with Crippen molar-refractivity contribution in [2.45, 2.75) is 6.48 Å². The molecule has 0 aromatic rings. The molecule has 0 heterocycles. The molecule has 0 aromatic heterocycles. The molecular formula is C4H6O3-2. The highest BCUT2D eigenvalue weighted by molar-refractivity contribution is 4.62. The lowest BCUT2D eigenvalue weighted by Crippen LogP contribution is -2.41. The summed E-state index contributed by atoms with van der Waals surface area (Å²) in [7, 11) is 0. The zero-order chi connectivity index (χ0) is 5.70. The maximum atomic E-state index is 9.46. The number of hydrogen-bond acceptors (Lipinski definition) is 3. The molecule has 0 aliphatic rings. The molecule has 7 heavy (non-hydrogen) atoms. The van der Waals surface area contributed by atoms with Gasteiger partial charge in [0.05, 0.1) is 6.61 Å². The Morgan fingerprint density at radius 3 is 2.43 bits per heavy atom. The van der Waals surface area contributed by atoms with Gasteiger partial charge in [0.1, 0.15) is 0 Å². The lowest BCUT2D eigenvalue weighted by molar-refractivity contribution is -0.718. The molecule has 3 heteroatoms. The molecule has 0 atom stereocenters. The Morgan fingerprint density at radius 1 is 1.71 bits per heavy atom. The van der Waals surface area contributed by atoms with Gasteiger partial charge in [0, 0.05) is 0 Å².